The molecule has 7 heteroatoms. The van der Waals surface area contributed by atoms with E-state index in [1.165, 1.54) is 12.1 Å². The largest absolute Gasteiger partial charge is 0.354 e. The highest BCUT2D eigenvalue weighted by molar-refractivity contribution is 5.76. The number of benzene rings is 1. The van der Waals surface area contributed by atoms with E-state index in [0.29, 0.717) is 6.54 Å². The van der Waals surface area contributed by atoms with Crippen molar-refractivity contribution >= 4 is 11.6 Å². The third-order valence-corrected chi connectivity index (χ3v) is 2.55. The quantitative estimate of drug-likeness (QED) is 0.453. The molecule has 0 radical (unpaired) electrons. The van der Waals surface area contributed by atoms with Crippen LogP contribution < -0.4 is 10.6 Å². The molecule has 0 fully saturated rings. The van der Waals surface area contributed by atoms with Gasteiger partial charge in [-0.2, -0.15) is 4.39 Å². The number of amides is 1. The highest BCUT2D eigenvalue weighted by Crippen LogP contribution is 2.19. The van der Waals surface area contributed by atoms with Crippen LogP contribution in [0.25, 0.3) is 0 Å². The van der Waals surface area contributed by atoms with E-state index in [1.807, 2.05) is 13.8 Å². The summed E-state index contributed by atoms with van der Waals surface area (Å²) in [5.74, 6) is -0.927. The fourth-order valence-corrected chi connectivity index (χ4v) is 1.66. The van der Waals surface area contributed by atoms with E-state index in [2.05, 4.69) is 10.6 Å². The first kappa shape index (κ1) is 16.0. The summed E-state index contributed by atoms with van der Waals surface area (Å²) in [6, 6.07) is 4.11. The Hall–Kier alpha value is -2.02. The molecule has 110 valence electrons. The van der Waals surface area contributed by atoms with Gasteiger partial charge in [-0.1, -0.05) is 12.1 Å². The number of carbonyl (C=O) groups is 1. The molecule has 1 aromatic carbocycles. The summed E-state index contributed by atoms with van der Waals surface area (Å²) in [6.45, 7) is 4.25. The monoisotopic (exact) mass is 283 g/mol. The molecular weight excluding hydrogens is 265 g/mol. The maximum absolute atomic E-state index is 13.7. The van der Waals surface area contributed by atoms with E-state index >= 15 is 0 Å². The van der Waals surface area contributed by atoms with E-state index < -0.39 is 16.4 Å². The van der Waals surface area contributed by atoms with E-state index in [0.717, 1.165) is 6.07 Å². The van der Waals surface area contributed by atoms with Crippen molar-refractivity contribution in [2.24, 2.45) is 0 Å². The minimum atomic E-state index is -0.836. The molecule has 0 aliphatic rings. The molecule has 20 heavy (non-hydrogen) atoms. The Morgan fingerprint density at radius 1 is 1.45 bits per heavy atom. The van der Waals surface area contributed by atoms with Crippen molar-refractivity contribution in [2.75, 3.05) is 6.54 Å². The Bertz CT molecular complexity index is 492. The Morgan fingerprint density at radius 3 is 2.75 bits per heavy atom. The minimum absolute atomic E-state index is 0.0803. The second-order valence-electron chi connectivity index (χ2n) is 4.66. The minimum Gasteiger partial charge on any atom is -0.354 e. The predicted octanol–water partition coefficient (Wildman–Crippen LogP) is 1.74. The standard InChI is InChI=1S/C13H18FN3O3/c1-9(2)16-12(18)6-7-15-8-10-4-3-5-11(13(10)14)17(19)20/h3-5,9,15H,6-8H2,1-2H3,(H,16,18). The summed E-state index contributed by atoms with van der Waals surface area (Å²) >= 11 is 0. The molecule has 0 atom stereocenters. The summed E-state index contributed by atoms with van der Waals surface area (Å²) in [6.07, 6.45) is 0.273. The number of hydrogen-bond acceptors (Lipinski definition) is 4. The van der Waals surface area contributed by atoms with Gasteiger partial charge in [-0.05, 0) is 13.8 Å². The number of carbonyl (C=O) groups excluding carboxylic acids is 1. The Balaban J connectivity index is 2.45. The smallest absolute Gasteiger partial charge is 0.305 e. The van der Waals surface area contributed by atoms with Crippen LogP contribution in [0.2, 0.25) is 0 Å². The molecule has 1 amide bonds. The zero-order valence-electron chi connectivity index (χ0n) is 11.5. The topological polar surface area (TPSA) is 84.3 Å². The lowest BCUT2D eigenvalue weighted by molar-refractivity contribution is -0.387. The average molecular weight is 283 g/mol. The molecule has 0 aliphatic heterocycles. The SMILES string of the molecule is CC(C)NC(=O)CCNCc1cccc([N+](=O)[O-])c1F. The molecule has 0 spiro atoms. The van der Waals surface area contributed by atoms with Gasteiger partial charge in [0.25, 0.3) is 0 Å². The van der Waals surface area contributed by atoms with Gasteiger partial charge in [-0.3, -0.25) is 14.9 Å². The molecule has 2 N–H and O–H groups in total. The summed E-state index contributed by atoms with van der Waals surface area (Å²) in [7, 11) is 0. The van der Waals surface area contributed by atoms with Crippen molar-refractivity contribution < 1.29 is 14.1 Å². The van der Waals surface area contributed by atoms with Gasteiger partial charge in [0.05, 0.1) is 4.92 Å². The second-order valence-corrected chi connectivity index (χ2v) is 4.66. The van der Waals surface area contributed by atoms with Crippen molar-refractivity contribution in [3.05, 3.63) is 39.7 Å². The van der Waals surface area contributed by atoms with Gasteiger partial charge >= 0.3 is 5.69 Å². The predicted molar refractivity (Wildman–Crippen MR) is 72.7 cm³/mol. The lowest BCUT2D eigenvalue weighted by Gasteiger charge is -2.09. The Labute approximate surface area is 116 Å². The molecule has 0 saturated heterocycles. The highest BCUT2D eigenvalue weighted by Gasteiger charge is 2.16. The van der Waals surface area contributed by atoms with E-state index in [9.17, 15) is 19.3 Å². The molecule has 0 unspecified atom stereocenters. The Morgan fingerprint density at radius 2 is 2.15 bits per heavy atom. The molecule has 0 saturated carbocycles. The van der Waals surface area contributed by atoms with E-state index in [-0.39, 0.29) is 30.5 Å². The van der Waals surface area contributed by atoms with Crippen molar-refractivity contribution in [2.45, 2.75) is 32.9 Å². The van der Waals surface area contributed by atoms with E-state index in [1.54, 1.807) is 0 Å². The number of nitro benzene ring substituents is 1. The fraction of sp³-hybridized carbons (Fsp3) is 0.462. The Kier molecular flexibility index (Phi) is 6.05. The van der Waals surface area contributed by atoms with Crippen LogP contribution in [0.3, 0.4) is 0 Å². The molecule has 0 bridgehead atoms. The van der Waals surface area contributed by atoms with Gasteiger partial charge in [-0.15, -0.1) is 0 Å². The van der Waals surface area contributed by atoms with Gasteiger partial charge in [0.1, 0.15) is 0 Å². The number of nitrogens with zero attached hydrogens (tertiary/aromatic N) is 1. The van der Waals surface area contributed by atoms with Crippen LogP contribution in [0.1, 0.15) is 25.8 Å². The first-order chi connectivity index (χ1) is 9.41. The summed E-state index contributed by atoms with van der Waals surface area (Å²) < 4.78 is 13.7. The van der Waals surface area contributed by atoms with Gasteiger partial charge in [0.15, 0.2) is 0 Å². The van der Waals surface area contributed by atoms with Crippen LogP contribution in [-0.2, 0) is 11.3 Å². The maximum atomic E-state index is 13.7. The number of halogens is 1. The first-order valence-corrected chi connectivity index (χ1v) is 6.33. The average Bonchev–Trinajstić information content (AvgIpc) is 2.35. The van der Waals surface area contributed by atoms with Crippen LogP contribution in [0.15, 0.2) is 18.2 Å². The lowest BCUT2D eigenvalue weighted by atomic mass is 10.2. The molecule has 1 aromatic rings. The zero-order chi connectivity index (χ0) is 15.1. The van der Waals surface area contributed by atoms with Gasteiger partial charge in [0.2, 0.25) is 11.7 Å². The fourth-order valence-electron chi connectivity index (χ4n) is 1.66. The van der Waals surface area contributed by atoms with Crippen molar-refractivity contribution in [1.82, 2.24) is 10.6 Å². The van der Waals surface area contributed by atoms with Crippen LogP contribution in [0.5, 0.6) is 0 Å². The van der Waals surface area contributed by atoms with Crippen LogP contribution in [-0.4, -0.2) is 23.4 Å². The van der Waals surface area contributed by atoms with Crippen LogP contribution >= 0.6 is 0 Å². The number of nitro groups is 1. The number of hydrogen-bond donors (Lipinski definition) is 2. The maximum Gasteiger partial charge on any atom is 0.305 e. The summed E-state index contributed by atoms with van der Waals surface area (Å²) in [5.41, 5.74) is -0.328. The van der Waals surface area contributed by atoms with Crippen LogP contribution in [0, 0.1) is 15.9 Å². The highest BCUT2D eigenvalue weighted by atomic mass is 19.1. The molecular formula is C13H18FN3O3. The molecule has 6 nitrogen and oxygen atoms in total. The van der Waals surface area contributed by atoms with Crippen LogP contribution in [0.4, 0.5) is 10.1 Å². The second kappa shape index (κ2) is 7.54. The molecule has 0 heterocycles. The molecule has 0 aromatic heterocycles. The van der Waals surface area contributed by atoms with Gasteiger partial charge in [0, 0.05) is 37.2 Å². The third kappa shape index (κ3) is 4.93. The number of nitrogens with one attached hydrogen (secondary N) is 2. The third-order valence-electron chi connectivity index (χ3n) is 2.55. The summed E-state index contributed by atoms with van der Waals surface area (Å²) in [5, 5.41) is 16.2. The zero-order valence-corrected chi connectivity index (χ0v) is 11.5. The first-order valence-electron chi connectivity index (χ1n) is 6.33. The lowest BCUT2D eigenvalue weighted by Crippen LogP contribution is -2.32. The molecule has 0 aliphatic carbocycles. The van der Waals surface area contributed by atoms with Gasteiger partial charge in [-0.25, -0.2) is 0 Å². The van der Waals surface area contributed by atoms with Crippen molar-refractivity contribution in [1.29, 1.82) is 0 Å². The normalized spacial score (nSPS) is 10.6. The molecule has 1 rings (SSSR count). The van der Waals surface area contributed by atoms with Gasteiger partial charge < -0.3 is 10.6 Å². The van der Waals surface area contributed by atoms with Crippen molar-refractivity contribution in [3.8, 4) is 0 Å². The summed E-state index contributed by atoms with van der Waals surface area (Å²) in [4.78, 5) is 21.2. The van der Waals surface area contributed by atoms with Crippen molar-refractivity contribution in [3.63, 3.8) is 0 Å². The number of rotatable bonds is 7. The van der Waals surface area contributed by atoms with E-state index in [4.69, 9.17) is 0 Å².